The van der Waals surface area contributed by atoms with E-state index in [1.807, 2.05) is 13.8 Å². The number of carbonyl (C=O) groups excluding carboxylic acids is 2. The lowest BCUT2D eigenvalue weighted by Crippen LogP contribution is -2.31. The van der Waals surface area contributed by atoms with Gasteiger partial charge in [0.1, 0.15) is 0 Å². The van der Waals surface area contributed by atoms with E-state index < -0.39 is 0 Å². The van der Waals surface area contributed by atoms with E-state index in [2.05, 4.69) is 13.5 Å². The van der Waals surface area contributed by atoms with Crippen molar-refractivity contribution in [3.63, 3.8) is 0 Å². The van der Waals surface area contributed by atoms with Gasteiger partial charge in [-0.1, -0.05) is 33.8 Å². The number of amides is 1. The molecule has 0 heterocycles. The quantitative estimate of drug-likeness (QED) is 0.348. The van der Waals surface area contributed by atoms with Crippen molar-refractivity contribution in [2.75, 3.05) is 19.7 Å². The molecule has 0 spiro atoms. The highest BCUT2D eigenvalue weighted by Gasteiger charge is 2.10. The second-order valence-electron chi connectivity index (χ2n) is 4.91. The number of hydrogen-bond donors (Lipinski definition) is 0. The van der Waals surface area contributed by atoms with Crippen LogP contribution in [-0.4, -0.2) is 36.5 Å². The third-order valence-corrected chi connectivity index (χ3v) is 2.81. The molecule has 19 heavy (non-hydrogen) atoms. The summed E-state index contributed by atoms with van der Waals surface area (Å²) >= 11 is 0. The maximum atomic E-state index is 11.6. The van der Waals surface area contributed by atoms with Gasteiger partial charge in [-0.3, -0.25) is 9.59 Å². The molecule has 110 valence electrons. The number of ether oxygens (including phenoxy) is 1. The first-order chi connectivity index (χ1) is 9.02. The standard InChI is InChI=1S/C15H27NO3/c1-5-7-10-16(14(17)6-2)11-8-9-12-19-15(18)13(3)4/h6,13H,2,5,7-12H2,1,3-4H3. The van der Waals surface area contributed by atoms with Crippen molar-refractivity contribution in [2.24, 2.45) is 5.92 Å². The molecule has 0 fully saturated rings. The molecule has 1 amide bonds. The Morgan fingerprint density at radius 1 is 1.21 bits per heavy atom. The lowest BCUT2D eigenvalue weighted by Gasteiger charge is -2.20. The van der Waals surface area contributed by atoms with Gasteiger partial charge in [-0.2, -0.15) is 0 Å². The van der Waals surface area contributed by atoms with Crippen LogP contribution in [0.3, 0.4) is 0 Å². The van der Waals surface area contributed by atoms with E-state index in [-0.39, 0.29) is 17.8 Å². The average Bonchev–Trinajstić information content (AvgIpc) is 2.40. The fourth-order valence-electron chi connectivity index (χ4n) is 1.55. The Morgan fingerprint density at radius 3 is 2.37 bits per heavy atom. The first-order valence-corrected chi connectivity index (χ1v) is 7.10. The first kappa shape index (κ1) is 17.7. The van der Waals surface area contributed by atoms with Crippen LogP contribution in [0, 0.1) is 5.92 Å². The Balaban J connectivity index is 3.83. The Bertz CT molecular complexity index is 287. The van der Waals surface area contributed by atoms with Crippen LogP contribution in [0.15, 0.2) is 12.7 Å². The summed E-state index contributed by atoms with van der Waals surface area (Å²) in [5.74, 6) is -0.263. The molecule has 0 aliphatic rings. The van der Waals surface area contributed by atoms with E-state index in [1.54, 1.807) is 4.90 Å². The molecule has 0 rings (SSSR count). The van der Waals surface area contributed by atoms with Crippen molar-refractivity contribution >= 4 is 11.9 Å². The molecule has 4 nitrogen and oxygen atoms in total. The third-order valence-electron chi connectivity index (χ3n) is 2.81. The van der Waals surface area contributed by atoms with Gasteiger partial charge in [0.05, 0.1) is 12.5 Å². The summed E-state index contributed by atoms with van der Waals surface area (Å²) in [4.78, 5) is 24.6. The highest BCUT2D eigenvalue weighted by molar-refractivity contribution is 5.86. The van der Waals surface area contributed by atoms with Crippen molar-refractivity contribution in [2.45, 2.75) is 46.5 Å². The monoisotopic (exact) mass is 269 g/mol. The van der Waals surface area contributed by atoms with Crippen LogP contribution in [0.5, 0.6) is 0 Å². The molecular weight excluding hydrogens is 242 g/mol. The smallest absolute Gasteiger partial charge is 0.308 e. The van der Waals surface area contributed by atoms with Gasteiger partial charge in [0, 0.05) is 13.1 Å². The molecule has 0 aliphatic carbocycles. The van der Waals surface area contributed by atoms with Gasteiger partial charge in [0.2, 0.25) is 5.91 Å². The average molecular weight is 269 g/mol. The fourth-order valence-corrected chi connectivity index (χ4v) is 1.55. The van der Waals surface area contributed by atoms with Gasteiger partial charge in [-0.25, -0.2) is 0 Å². The molecule has 0 saturated carbocycles. The Morgan fingerprint density at radius 2 is 1.84 bits per heavy atom. The molecule has 0 bridgehead atoms. The summed E-state index contributed by atoms with van der Waals surface area (Å²) in [6, 6.07) is 0. The summed E-state index contributed by atoms with van der Waals surface area (Å²) in [5, 5.41) is 0. The molecule has 0 aromatic heterocycles. The largest absolute Gasteiger partial charge is 0.465 e. The summed E-state index contributed by atoms with van der Waals surface area (Å²) in [6.07, 6.45) is 5.05. The summed E-state index contributed by atoms with van der Waals surface area (Å²) < 4.78 is 5.09. The van der Waals surface area contributed by atoms with Crippen molar-refractivity contribution < 1.29 is 14.3 Å². The maximum absolute atomic E-state index is 11.6. The number of unbranched alkanes of at least 4 members (excludes halogenated alkanes) is 2. The van der Waals surface area contributed by atoms with Gasteiger partial charge in [0.15, 0.2) is 0 Å². The van der Waals surface area contributed by atoms with Crippen molar-refractivity contribution in [3.05, 3.63) is 12.7 Å². The van der Waals surface area contributed by atoms with Crippen LogP contribution in [0.4, 0.5) is 0 Å². The van der Waals surface area contributed by atoms with Crippen LogP contribution < -0.4 is 0 Å². The van der Waals surface area contributed by atoms with Crippen LogP contribution in [0.1, 0.15) is 46.5 Å². The summed E-state index contributed by atoms with van der Waals surface area (Å²) in [6.45, 7) is 11.2. The molecule has 0 unspecified atom stereocenters. The normalized spacial score (nSPS) is 10.3. The minimum atomic E-state index is -0.162. The zero-order chi connectivity index (χ0) is 14.7. The van der Waals surface area contributed by atoms with Gasteiger partial charge < -0.3 is 9.64 Å². The summed E-state index contributed by atoms with van der Waals surface area (Å²) in [7, 11) is 0. The van der Waals surface area contributed by atoms with Crippen LogP contribution in [0.25, 0.3) is 0 Å². The number of esters is 1. The zero-order valence-electron chi connectivity index (χ0n) is 12.5. The third kappa shape index (κ3) is 8.41. The lowest BCUT2D eigenvalue weighted by molar-refractivity contribution is -0.147. The van der Waals surface area contributed by atoms with Crippen molar-refractivity contribution in [1.29, 1.82) is 0 Å². The van der Waals surface area contributed by atoms with E-state index >= 15 is 0 Å². The lowest BCUT2D eigenvalue weighted by atomic mass is 10.2. The minimum absolute atomic E-state index is 0.0207. The number of rotatable bonds is 10. The molecule has 0 aromatic carbocycles. The molecule has 0 radical (unpaired) electrons. The molecule has 0 aromatic rings. The molecule has 0 saturated heterocycles. The Hall–Kier alpha value is -1.32. The number of nitrogens with zero attached hydrogens (tertiary/aromatic N) is 1. The predicted octanol–water partition coefficient (Wildman–Crippen LogP) is 2.78. The number of hydrogen-bond acceptors (Lipinski definition) is 3. The predicted molar refractivity (Wildman–Crippen MR) is 76.7 cm³/mol. The maximum Gasteiger partial charge on any atom is 0.308 e. The Kier molecular flexibility index (Phi) is 9.85. The SMILES string of the molecule is C=CC(=O)N(CCCC)CCCCOC(=O)C(C)C. The molecule has 4 heteroatoms. The van der Waals surface area contributed by atoms with E-state index in [0.717, 1.165) is 32.2 Å². The Labute approximate surface area is 116 Å². The minimum Gasteiger partial charge on any atom is -0.465 e. The topological polar surface area (TPSA) is 46.6 Å². The zero-order valence-corrected chi connectivity index (χ0v) is 12.5. The molecular formula is C15H27NO3. The summed E-state index contributed by atoms with van der Waals surface area (Å²) in [5.41, 5.74) is 0. The second-order valence-corrected chi connectivity index (χ2v) is 4.91. The molecule has 0 atom stereocenters. The van der Waals surface area contributed by atoms with Crippen LogP contribution in [0.2, 0.25) is 0 Å². The molecule has 0 aliphatic heterocycles. The molecule has 0 N–H and O–H groups in total. The van der Waals surface area contributed by atoms with Crippen molar-refractivity contribution in [3.8, 4) is 0 Å². The van der Waals surface area contributed by atoms with Crippen LogP contribution in [-0.2, 0) is 14.3 Å². The second kappa shape index (κ2) is 10.6. The highest BCUT2D eigenvalue weighted by Crippen LogP contribution is 2.02. The van der Waals surface area contributed by atoms with Gasteiger partial charge in [-0.15, -0.1) is 0 Å². The van der Waals surface area contributed by atoms with E-state index in [9.17, 15) is 9.59 Å². The van der Waals surface area contributed by atoms with Gasteiger partial charge in [0.25, 0.3) is 0 Å². The van der Waals surface area contributed by atoms with Crippen molar-refractivity contribution in [1.82, 2.24) is 4.90 Å². The number of carbonyl (C=O) groups is 2. The van der Waals surface area contributed by atoms with Gasteiger partial charge >= 0.3 is 5.97 Å². The fraction of sp³-hybridized carbons (Fsp3) is 0.733. The van der Waals surface area contributed by atoms with E-state index in [4.69, 9.17) is 4.74 Å². The van der Waals surface area contributed by atoms with E-state index in [1.165, 1.54) is 6.08 Å². The van der Waals surface area contributed by atoms with Crippen LogP contribution >= 0.6 is 0 Å². The van der Waals surface area contributed by atoms with E-state index in [0.29, 0.717) is 13.2 Å². The highest BCUT2D eigenvalue weighted by atomic mass is 16.5. The van der Waals surface area contributed by atoms with Gasteiger partial charge in [-0.05, 0) is 25.3 Å². The first-order valence-electron chi connectivity index (χ1n) is 7.10.